The standard InChI is InChI=1S/C19H18N2O3/c1-2-24-19(23)17(18(22)16-11-7-4-8-12-16)14-21-20-13-15-9-5-3-6-10-15/h3-14,22H,2H2,1H3/b18-17+,20-13?,21-14+. The molecule has 0 saturated carbocycles. The molecule has 0 amide bonds. The molecule has 0 radical (unpaired) electrons. The SMILES string of the molecule is CCOC(=O)C(/C=N/N=Cc1ccccc1)=C(/O)c1ccccc1. The van der Waals surface area contributed by atoms with E-state index in [0.717, 1.165) is 5.56 Å². The maximum Gasteiger partial charge on any atom is 0.343 e. The fraction of sp³-hybridized carbons (Fsp3) is 0.105. The lowest BCUT2D eigenvalue weighted by atomic mass is 10.1. The van der Waals surface area contributed by atoms with Crippen LogP contribution in [0.3, 0.4) is 0 Å². The summed E-state index contributed by atoms with van der Waals surface area (Å²) >= 11 is 0. The molecule has 24 heavy (non-hydrogen) atoms. The van der Waals surface area contributed by atoms with Crippen molar-refractivity contribution >= 4 is 24.2 Å². The number of carbonyl (C=O) groups is 1. The monoisotopic (exact) mass is 322 g/mol. The van der Waals surface area contributed by atoms with Crippen molar-refractivity contribution in [1.82, 2.24) is 0 Å². The minimum atomic E-state index is -0.655. The normalized spacial score (nSPS) is 12.4. The van der Waals surface area contributed by atoms with E-state index < -0.39 is 5.97 Å². The number of carbonyl (C=O) groups excluding carboxylic acids is 1. The van der Waals surface area contributed by atoms with E-state index in [-0.39, 0.29) is 17.9 Å². The van der Waals surface area contributed by atoms with Crippen LogP contribution in [-0.4, -0.2) is 30.1 Å². The Morgan fingerprint density at radius 2 is 1.67 bits per heavy atom. The Kier molecular flexibility index (Phi) is 6.46. The lowest BCUT2D eigenvalue weighted by Crippen LogP contribution is -2.11. The molecule has 0 aromatic heterocycles. The fourth-order valence-corrected chi connectivity index (χ4v) is 1.90. The summed E-state index contributed by atoms with van der Waals surface area (Å²) in [6, 6.07) is 18.2. The number of rotatable bonds is 6. The third-order valence-corrected chi connectivity index (χ3v) is 3.06. The minimum Gasteiger partial charge on any atom is -0.506 e. The number of nitrogens with zero attached hydrogens (tertiary/aromatic N) is 2. The first-order valence-corrected chi connectivity index (χ1v) is 7.49. The van der Waals surface area contributed by atoms with Gasteiger partial charge in [-0.2, -0.15) is 10.2 Å². The van der Waals surface area contributed by atoms with E-state index in [2.05, 4.69) is 10.2 Å². The highest BCUT2D eigenvalue weighted by Gasteiger charge is 2.16. The van der Waals surface area contributed by atoms with Gasteiger partial charge in [-0.05, 0) is 12.5 Å². The second-order valence-electron chi connectivity index (χ2n) is 4.75. The van der Waals surface area contributed by atoms with Crippen LogP contribution in [0.15, 0.2) is 76.4 Å². The highest BCUT2D eigenvalue weighted by molar-refractivity contribution is 6.15. The lowest BCUT2D eigenvalue weighted by molar-refractivity contribution is -0.137. The van der Waals surface area contributed by atoms with Gasteiger partial charge in [0, 0.05) is 5.56 Å². The van der Waals surface area contributed by atoms with Gasteiger partial charge in [0.05, 0.1) is 19.0 Å². The number of benzene rings is 2. The summed E-state index contributed by atoms with van der Waals surface area (Å²) in [5.41, 5.74) is 1.33. The molecule has 0 unspecified atom stereocenters. The van der Waals surface area contributed by atoms with E-state index in [0.29, 0.717) is 5.56 Å². The Hall–Kier alpha value is -3.21. The number of hydrogen-bond acceptors (Lipinski definition) is 5. The summed E-state index contributed by atoms with van der Waals surface area (Å²) < 4.78 is 4.96. The van der Waals surface area contributed by atoms with Gasteiger partial charge in [-0.25, -0.2) is 4.79 Å². The second-order valence-corrected chi connectivity index (χ2v) is 4.75. The van der Waals surface area contributed by atoms with Crippen LogP contribution >= 0.6 is 0 Å². The number of aliphatic hydroxyl groups excluding tert-OH is 1. The highest BCUT2D eigenvalue weighted by Crippen LogP contribution is 2.15. The van der Waals surface area contributed by atoms with Crippen LogP contribution in [0, 0.1) is 0 Å². The average Bonchev–Trinajstić information content (AvgIpc) is 2.63. The van der Waals surface area contributed by atoms with Crippen LogP contribution < -0.4 is 0 Å². The first-order chi connectivity index (χ1) is 11.7. The lowest BCUT2D eigenvalue weighted by Gasteiger charge is -2.06. The van der Waals surface area contributed by atoms with Gasteiger partial charge in [0.25, 0.3) is 0 Å². The van der Waals surface area contributed by atoms with Gasteiger partial charge in [0.1, 0.15) is 11.3 Å². The Balaban J connectivity index is 2.25. The van der Waals surface area contributed by atoms with E-state index in [1.165, 1.54) is 6.21 Å². The summed E-state index contributed by atoms with van der Waals surface area (Å²) in [5, 5.41) is 18.1. The maximum absolute atomic E-state index is 12.0. The first kappa shape index (κ1) is 17.1. The molecule has 0 aliphatic heterocycles. The Labute approximate surface area is 140 Å². The largest absolute Gasteiger partial charge is 0.506 e. The smallest absolute Gasteiger partial charge is 0.343 e. The predicted octanol–water partition coefficient (Wildman–Crippen LogP) is 3.62. The van der Waals surface area contributed by atoms with Crippen LogP contribution in [0.5, 0.6) is 0 Å². The van der Waals surface area contributed by atoms with Crippen LogP contribution in [0.1, 0.15) is 18.1 Å². The van der Waals surface area contributed by atoms with Crippen molar-refractivity contribution in [1.29, 1.82) is 0 Å². The van der Waals surface area contributed by atoms with Crippen molar-refractivity contribution in [2.75, 3.05) is 6.61 Å². The van der Waals surface area contributed by atoms with Crippen molar-refractivity contribution in [3.8, 4) is 0 Å². The van der Waals surface area contributed by atoms with Gasteiger partial charge in [0.15, 0.2) is 0 Å². The zero-order chi connectivity index (χ0) is 17.2. The van der Waals surface area contributed by atoms with E-state index >= 15 is 0 Å². The van der Waals surface area contributed by atoms with E-state index in [1.807, 2.05) is 36.4 Å². The molecule has 0 atom stereocenters. The third kappa shape index (κ3) is 4.91. The van der Waals surface area contributed by atoms with Crippen molar-refractivity contribution in [3.63, 3.8) is 0 Å². The third-order valence-electron chi connectivity index (χ3n) is 3.06. The number of ether oxygens (including phenoxy) is 1. The summed E-state index contributed by atoms with van der Waals surface area (Å²) in [6.45, 7) is 1.89. The summed E-state index contributed by atoms with van der Waals surface area (Å²) in [4.78, 5) is 12.0. The number of hydrogen-bond donors (Lipinski definition) is 1. The Morgan fingerprint density at radius 1 is 1.04 bits per heavy atom. The Morgan fingerprint density at radius 3 is 2.29 bits per heavy atom. The van der Waals surface area contributed by atoms with Gasteiger partial charge >= 0.3 is 5.97 Å². The quantitative estimate of drug-likeness (QED) is 0.290. The van der Waals surface area contributed by atoms with E-state index in [1.54, 1.807) is 37.4 Å². The molecule has 0 aliphatic rings. The summed E-state index contributed by atoms with van der Waals surface area (Å²) in [7, 11) is 0. The molecule has 0 saturated heterocycles. The van der Waals surface area contributed by atoms with Gasteiger partial charge in [-0.3, -0.25) is 0 Å². The molecule has 2 rings (SSSR count). The second kappa shape index (κ2) is 9.05. The predicted molar refractivity (Wildman–Crippen MR) is 95.2 cm³/mol. The van der Waals surface area contributed by atoms with Crippen molar-refractivity contribution < 1.29 is 14.6 Å². The molecule has 1 N–H and O–H groups in total. The van der Waals surface area contributed by atoms with Crippen LogP contribution in [0.4, 0.5) is 0 Å². The molecule has 0 fully saturated rings. The average molecular weight is 322 g/mol. The van der Waals surface area contributed by atoms with E-state index in [4.69, 9.17) is 4.74 Å². The first-order valence-electron chi connectivity index (χ1n) is 7.49. The van der Waals surface area contributed by atoms with Gasteiger partial charge in [0.2, 0.25) is 0 Å². The molecular weight excluding hydrogens is 304 g/mol. The molecule has 5 heteroatoms. The zero-order valence-corrected chi connectivity index (χ0v) is 13.3. The van der Waals surface area contributed by atoms with Gasteiger partial charge < -0.3 is 9.84 Å². The van der Waals surface area contributed by atoms with Crippen molar-refractivity contribution in [3.05, 3.63) is 77.4 Å². The molecule has 122 valence electrons. The zero-order valence-electron chi connectivity index (χ0n) is 13.3. The van der Waals surface area contributed by atoms with Crippen molar-refractivity contribution in [2.45, 2.75) is 6.92 Å². The minimum absolute atomic E-state index is 0.0479. The molecule has 0 spiro atoms. The number of aliphatic hydroxyl groups is 1. The Bertz CT molecular complexity index is 751. The summed E-state index contributed by atoms with van der Waals surface area (Å²) in [5.74, 6) is -0.856. The maximum atomic E-state index is 12.0. The van der Waals surface area contributed by atoms with Crippen molar-refractivity contribution in [2.24, 2.45) is 10.2 Å². The molecule has 0 aliphatic carbocycles. The molecule has 2 aromatic rings. The van der Waals surface area contributed by atoms with Crippen LogP contribution in [0.2, 0.25) is 0 Å². The van der Waals surface area contributed by atoms with E-state index in [9.17, 15) is 9.90 Å². The molecule has 0 heterocycles. The van der Waals surface area contributed by atoms with Gasteiger partial charge in [-0.1, -0.05) is 60.7 Å². The van der Waals surface area contributed by atoms with Gasteiger partial charge in [-0.15, -0.1) is 0 Å². The summed E-state index contributed by atoms with van der Waals surface area (Å²) in [6.07, 6.45) is 2.75. The topological polar surface area (TPSA) is 71.2 Å². The van der Waals surface area contributed by atoms with Crippen LogP contribution in [0.25, 0.3) is 5.76 Å². The highest BCUT2D eigenvalue weighted by atomic mass is 16.5. The molecule has 0 bridgehead atoms. The number of esters is 1. The fourth-order valence-electron chi connectivity index (χ4n) is 1.90. The molecular formula is C19H18N2O3. The molecule has 2 aromatic carbocycles. The molecule has 5 nitrogen and oxygen atoms in total. The van der Waals surface area contributed by atoms with Crippen LogP contribution in [-0.2, 0) is 9.53 Å².